The summed E-state index contributed by atoms with van der Waals surface area (Å²) in [6.07, 6.45) is -0.446. The van der Waals surface area contributed by atoms with Gasteiger partial charge in [-0.1, -0.05) is 34.6 Å². The first-order chi connectivity index (χ1) is 14.2. The average molecular weight is 443 g/mol. The first-order valence-corrected chi connectivity index (χ1v) is 11.0. The Morgan fingerprint density at radius 1 is 0.935 bits per heavy atom. The summed E-state index contributed by atoms with van der Waals surface area (Å²) in [4.78, 5) is 48.0. The Hall–Kier alpha value is -2.16. The zero-order valence-electron chi connectivity index (χ0n) is 20.1. The number of aliphatic hydroxyl groups is 1. The maximum Gasteiger partial charge on any atom is 0.245 e. The summed E-state index contributed by atoms with van der Waals surface area (Å²) in [5.74, 6) is -1.66. The molecule has 9 nitrogen and oxygen atoms in total. The molecule has 0 aromatic heterocycles. The van der Waals surface area contributed by atoms with Gasteiger partial charge in [-0.25, -0.2) is 0 Å². The first kappa shape index (κ1) is 28.8. The van der Waals surface area contributed by atoms with Crippen LogP contribution in [0.3, 0.4) is 0 Å². The molecule has 0 saturated carbocycles. The Bertz CT molecular complexity index is 619. The van der Waals surface area contributed by atoms with Crippen molar-refractivity contribution in [2.24, 2.45) is 23.5 Å². The Kier molecular flexibility index (Phi) is 12.4. The number of carbonyl (C=O) groups is 4. The summed E-state index contributed by atoms with van der Waals surface area (Å²) >= 11 is 0. The van der Waals surface area contributed by atoms with Gasteiger partial charge in [-0.3, -0.25) is 19.2 Å². The monoisotopic (exact) mass is 442 g/mol. The van der Waals surface area contributed by atoms with Crippen molar-refractivity contribution in [3.8, 4) is 0 Å². The summed E-state index contributed by atoms with van der Waals surface area (Å²) in [5, 5.41) is 19.0. The SMILES string of the molecule is CC(C)CNC(=O)C(C)(C)NC(=O)C(C)CC(O)C(CC(C)C)NC(=O)CCC(N)=O. The summed E-state index contributed by atoms with van der Waals surface area (Å²) in [6, 6.07) is -0.557. The third-order valence-electron chi connectivity index (χ3n) is 4.85. The lowest BCUT2D eigenvalue weighted by Crippen LogP contribution is -2.56. The molecule has 0 radical (unpaired) electrons. The molecule has 31 heavy (non-hydrogen) atoms. The molecule has 6 N–H and O–H groups in total. The molecule has 3 atom stereocenters. The van der Waals surface area contributed by atoms with E-state index in [-0.39, 0.29) is 42.9 Å². The molecule has 0 aliphatic heterocycles. The van der Waals surface area contributed by atoms with Crippen LogP contribution in [0, 0.1) is 17.8 Å². The van der Waals surface area contributed by atoms with Crippen LogP contribution in [0.25, 0.3) is 0 Å². The standard InChI is InChI=1S/C22H42N4O5/c1-13(2)10-16(25-19(29)9-8-18(23)28)17(27)11-15(5)20(30)26-22(6,7)21(31)24-12-14(3)4/h13-17,27H,8-12H2,1-7H3,(H2,23,28)(H,24,31)(H,25,29)(H,26,30). The summed E-state index contributed by atoms with van der Waals surface area (Å²) in [6.45, 7) is 13.3. The van der Waals surface area contributed by atoms with Gasteiger partial charge < -0.3 is 26.8 Å². The van der Waals surface area contributed by atoms with Crippen LogP contribution in [-0.2, 0) is 19.2 Å². The van der Waals surface area contributed by atoms with E-state index in [9.17, 15) is 24.3 Å². The predicted molar refractivity (Wildman–Crippen MR) is 120 cm³/mol. The van der Waals surface area contributed by atoms with E-state index in [1.54, 1.807) is 20.8 Å². The quantitative estimate of drug-likeness (QED) is 0.270. The molecule has 0 aromatic rings. The van der Waals surface area contributed by atoms with Gasteiger partial charge in [-0.15, -0.1) is 0 Å². The van der Waals surface area contributed by atoms with E-state index in [2.05, 4.69) is 16.0 Å². The summed E-state index contributed by atoms with van der Waals surface area (Å²) in [7, 11) is 0. The molecular formula is C22H42N4O5. The molecule has 0 fully saturated rings. The van der Waals surface area contributed by atoms with Crippen molar-refractivity contribution in [3.63, 3.8) is 0 Å². The van der Waals surface area contributed by atoms with Crippen molar-refractivity contribution in [2.45, 2.75) is 91.8 Å². The highest BCUT2D eigenvalue weighted by Gasteiger charge is 2.32. The van der Waals surface area contributed by atoms with Gasteiger partial charge in [0.05, 0.1) is 12.1 Å². The Morgan fingerprint density at radius 3 is 2.00 bits per heavy atom. The van der Waals surface area contributed by atoms with Gasteiger partial charge in [0.1, 0.15) is 5.54 Å². The zero-order chi connectivity index (χ0) is 24.4. The van der Waals surface area contributed by atoms with Crippen molar-refractivity contribution >= 4 is 23.6 Å². The van der Waals surface area contributed by atoms with Gasteiger partial charge in [0.25, 0.3) is 0 Å². The lowest BCUT2D eigenvalue weighted by Gasteiger charge is -2.30. The average Bonchev–Trinajstić information content (AvgIpc) is 2.62. The number of primary amides is 1. The molecule has 9 heteroatoms. The molecule has 0 aromatic carbocycles. The van der Waals surface area contributed by atoms with Gasteiger partial charge in [-0.05, 0) is 38.5 Å². The van der Waals surface area contributed by atoms with Crippen LogP contribution in [-0.4, -0.2) is 53.0 Å². The molecular weight excluding hydrogens is 400 g/mol. The van der Waals surface area contributed by atoms with Crippen LogP contribution in [0.15, 0.2) is 0 Å². The third kappa shape index (κ3) is 12.3. The molecule has 0 spiro atoms. The normalized spacial score (nSPS) is 14.6. The largest absolute Gasteiger partial charge is 0.391 e. The Labute approximate surface area is 186 Å². The van der Waals surface area contributed by atoms with Crippen molar-refractivity contribution in [2.75, 3.05) is 6.54 Å². The smallest absolute Gasteiger partial charge is 0.245 e. The van der Waals surface area contributed by atoms with Gasteiger partial charge in [-0.2, -0.15) is 0 Å². The van der Waals surface area contributed by atoms with Gasteiger partial charge in [0.2, 0.25) is 23.6 Å². The fourth-order valence-electron chi connectivity index (χ4n) is 2.98. The third-order valence-corrected chi connectivity index (χ3v) is 4.85. The number of hydrogen-bond donors (Lipinski definition) is 5. The second-order valence-electron chi connectivity index (χ2n) is 9.69. The molecule has 3 unspecified atom stereocenters. The van der Waals surface area contributed by atoms with Gasteiger partial charge >= 0.3 is 0 Å². The summed E-state index contributed by atoms with van der Waals surface area (Å²) < 4.78 is 0. The minimum atomic E-state index is -1.09. The van der Waals surface area contributed by atoms with Crippen LogP contribution in [0.1, 0.15) is 74.1 Å². The fraction of sp³-hybridized carbons (Fsp3) is 0.818. The minimum absolute atomic E-state index is 0.0492. The van der Waals surface area contributed by atoms with E-state index in [0.717, 1.165) is 0 Å². The predicted octanol–water partition coefficient (Wildman–Crippen LogP) is 0.837. The molecule has 0 bridgehead atoms. The minimum Gasteiger partial charge on any atom is -0.391 e. The van der Waals surface area contributed by atoms with Crippen molar-refractivity contribution in [3.05, 3.63) is 0 Å². The van der Waals surface area contributed by atoms with Crippen LogP contribution in [0.4, 0.5) is 0 Å². The number of hydrogen-bond acceptors (Lipinski definition) is 5. The molecule has 0 rings (SSSR count). The topological polar surface area (TPSA) is 151 Å². The van der Waals surface area contributed by atoms with Crippen LogP contribution in [0.2, 0.25) is 0 Å². The van der Waals surface area contributed by atoms with Crippen LogP contribution in [0.5, 0.6) is 0 Å². The van der Waals surface area contributed by atoms with E-state index in [0.29, 0.717) is 18.9 Å². The number of nitrogens with two attached hydrogens (primary N) is 1. The van der Waals surface area contributed by atoms with E-state index < -0.39 is 29.5 Å². The molecule has 0 heterocycles. The number of nitrogens with one attached hydrogen (secondary N) is 3. The molecule has 0 aliphatic rings. The highest BCUT2D eigenvalue weighted by Crippen LogP contribution is 2.17. The number of aliphatic hydroxyl groups excluding tert-OH is 1. The van der Waals surface area contributed by atoms with Crippen molar-refractivity contribution in [1.82, 2.24) is 16.0 Å². The summed E-state index contributed by atoms with van der Waals surface area (Å²) in [5.41, 5.74) is 3.98. The van der Waals surface area contributed by atoms with E-state index in [1.165, 1.54) is 0 Å². The van der Waals surface area contributed by atoms with Crippen molar-refractivity contribution in [1.29, 1.82) is 0 Å². The molecule has 4 amide bonds. The Morgan fingerprint density at radius 2 is 1.52 bits per heavy atom. The maximum absolute atomic E-state index is 12.6. The maximum atomic E-state index is 12.6. The van der Waals surface area contributed by atoms with E-state index in [1.807, 2.05) is 27.7 Å². The molecule has 0 saturated heterocycles. The Balaban J connectivity index is 4.94. The zero-order valence-corrected chi connectivity index (χ0v) is 20.1. The molecule has 180 valence electrons. The van der Waals surface area contributed by atoms with Gasteiger partial charge in [0.15, 0.2) is 0 Å². The van der Waals surface area contributed by atoms with Crippen LogP contribution < -0.4 is 21.7 Å². The first-order valence-electron chi connectivity index (χ1n) is 11.0. The van der Waals surface area contributed by atoms with Gasteiger partial charge in [0, 0.05) is 25.3 Å². The van der Waals surface area contributed by atoms with Crippen molar-refractivity contribution < 1.29 is 24.3 Å². The number of amides is 4. The number of carbonyl (C=O) groups excluding carboxylic acids is 4. The lowest BCUT2D eigenvalue weighted by molar-refractivity contribution is -0.134. The van der Waals surface area contributed by atoms with E-state index in [4.69, 9.17) is 5.73 Å². The van der Waals surface area contributed by atoms with Crippen LogP contribution >= 0.6 is 0 Å². The second kappa shape index (κ2) is 13.3. The second-order valence-corrected chi connectivity index (χ2v) is 9.69. The highest BCUT2D eigenvalue weighted by molar-refractivity contribution is 5.91. The van der Waals surface area contributed by atoms with E-state index >= 15 is 0 Å². The lowest BCUT2D eigenvalue weighted by atomic mass is 9.91. The highest BCUT2D eigenvalue weighted by atomic mass is 16.3. The molecule has 0 aliphatic carbocycles. The fourth-order valence-corrected chi connectivity index (χ4v) is 2.98. The number of rotatable bonds is 14.